The number of carbonyl (C=O) groups is 1. The summed E-state index contributed by atoms with van der Waals surface area (Å²) in [5.41, 5.74) is 6.05. The average Bonchev–Trinajstić information content (AvgIpc) is 1.85. The fourth-order valence-corrected chi connectivity index (χ4v) is 0.857. The summed E-state index contributed by atoms with van der Waals surface area (Å²) in [7, 11) is 0. The molecule has 0 amide bonds. The quantitative estimate of drug-likeness (QED) is 0.620. The molecule has 11 heavy (non-hydrogen) atoms. The van der Waals surface area contributed by atoms with Crippen LogP contribution in [0.2, 0.25) is 0 Å². The van der Waals surface area contributed by atoms with Crippen molar-refractivity contribution < 1.29 is 9.90 Å². The molecule has 0 unspecified atom stereocenters. The Balaban J connectivity index is 3.32. The number of carboxylic acids is 1. The second kappa shape index (κ2) is 2.57. The predicted molar refractivity (Wildman–Crippen MR) is 40.3 cm³/mol. The standard InChI is InChI=1S/C7H8N2O2/c1-4-2-3-9-6(8)5(4)7(10)11/h2-3H,1H3,(H2,8,9)(H,10,11). The highest BCUT2D eigenvalue weighted by Gasteiger charge is 2.10. The smallest absolute Gasteiger partial charge is 0.339 e. The minimum absolute atomic E-state index is 0.0671. The van der Waals surface area contributed by atoms with E-state index in [1.165, 1.54) is 6.20 Å². The van der Waals surface area contributed by atoms with Crippen LogP contribution in [-0.4, -0.2) is 16.1 Å². The highest BCUT2D eigenvalue weighted by Crippen LogP contribution is 2.12. The maximum absolute atomic E-state index is 10.5. The second-order valence-electron chi connectivity index (χ2n) is 2.19. The van der Waals surface area contributed by atoms with Gasteiger partial charge in [-0.05, 0) is 18.6 Å². The van der Waals surface area contributed by atoms with Gasteiger partial charge in [0.25, 0.3) is 0 Å². The van der Waals surface area contributed by atoms with Crippen LogP contribution in [0.5, 0.6) is 0 Å². The molecule has 0 aromatic carbocycles. The molecule has 1 aromatic rings. The number of anilines is 1. The molecule has 0 aliphatic heterocycles. The van der Waals surface area contributed by atoms with Gasteiger partial charge in [0.2, 0.25) is 0 Å². The van der Waals surface area contributed by atoms with E-state index in [1.54, 1.807) is 13.0 Å². The van der Waals surface area contributed by atoms with Gasteiger partial charge in [-0.2, -0.15) is 0 Å². The number of hydrogen-bond acceptors (Lipinski definition) is 3. The molecule has 0 saturated carbocycles. The molecule has 0 atom stereocenters. The van der Waals surface area contributed by atoms with Gasteiger partial charge in [0.05, 0.1) is 0 Å². The maximum atomic E-state index is 10.5. The Kier molecular flexibility index (Phi) is 1.76. The lowest BCUT2D eigenvalue weighted by Crippen LogP contribution is -2.06. The van der Waals surface area contributed by atoms with E-state index in [2.05, 4.69) is 4.98 Å². The van der Waals surface area contributed by atoms with Gasteiger partial charge >= 0.3 is 5.97 Å². The zero-order valence-corrected chi connectivity index (χ0v) is 6.03. The monoisotopic (exact) mass is 152 g/mol. The molecule has 1 heterocycles. The van der Waals surface area contributed by atoms with Crippen LogP contribution in [-0.2, 0) is 0 Å². The van der Waals surface area contributed by atoms with E-state index >= 15 is 0 Å². The van der Waals surface area contributed by atoms with Crippen LogP contribution in [0.25, 0.3) is 0 Å². The lowest BCUT2D eigenvalue weighted by molar-refractivity contribution is 0.0697. The third-order valence-electron chi connectivity index (χ3n) is 1.40. The first-order valence-corrected chi connectivity index (χ1v) is 3.07. The molecule has 0 spiro atoms. The van der Waals surface area contributed by atoms with Crippen LogP contribution in [0.1, 0.15) is 15.9 Å². The normalized spacial score (nSPS) is 9.55. The SMILES string of the molecule is Cc1ccnc(N)c1C(=O)O. The Hall–Kier alpha value is -1.58. The van der Waals surface area contributed by atoms with Crippen molar-refractivity contribution in [1.82, 2.24) is 4.98 Å². The van der Waals surface area contributed by atoms with Gasteiger partial charge in [-0.1, -0.05) is 0 Å². The number of nitrogens with zero attached hydrogens (tertiary/aromatic N) is 1. The number of aromatic nitrogens is 1. The number of hydrogen-bond donors (Lipinski definition) is 2. The predicted octanol–water partition coefficient (Wildman–Crippen LogP) is 0.670. The lowest BCUT2D eigenvalue weighted by atomic mass is 10.1. The molecule has 4 heteroatoms. The van der Waals surface area contributed by atoms with Gasteiger partial charge < -0.3 is 10.8 Å². The van der Waals surface area contributed by atoms with Crippen molar-refractivity contribution in [3.8, 4) is 0 Å². The Labute approximate surface area is 63.7 Å². The second-order valence-corrected chi connectivity index (χ2v) is 2.19. The molecule has 3 N–H and O–H groups in total. The molecular weight excluding hydrogens is 144 g/mol. The first-order valence-electron chi connectivity index (χ1n) is 3.07. The molecule has 1 rings (SSSR count). The zero-order chi connectivity index (χ0) is 8.43. The number of nitrogens with two attached hydrogens (primary N) is 1. The minimum atomic E-state index is -1.03. The number of rotatable bonds is 1. The van der Waals surface area contributed by atoms with Crippen molar-refractivity contribution in [2.24, 2.45) is 0 Å². The molecule has 0 saturated heterocycles. The average molecular weight is 152 g/mol. The van der Waals surface area contributed by atoms with Crippen molar-refractivity contribution in [1.29, 1.82) is 0 Å². The van der Waals surface area contributed by atoms with E-state index < -0.39 is 5.97 Å². The molecule has 0 radical (unpaired) electrons. The summed E-state index contributed by atoms with van der Waals surface area (Å²) >= 11 is 0. The summed E-state index contributed by atoms with van der Waals surface area (Å²) in [6.07, 6.45) is 1.48. The van der Waals surface area contributed by atoms with Crippen LogP contribution in [0.15, 0.2) is 12.3 Å². The third kappa shape index (κ3) is 1.29. The number of pyridine rings is 1. The molecule has 0 bridgehead atoms. The molecule has 4 nitrogen and oxygen atoms in total. The van der Waals surface area contributed by atoms with Crippen LogP contribution in [0.4, 0.5) is 5.82 Å². The van der Waals surface area contributed by atoms with Crippen molar-refractivity contribution in [2.75, 3.05) is 5.73 Å². The first kappa shape index (κ1) is 7.53. The van der Waals surface area contributed by atoms with Crippen molar-refractivity contribution >= 4 is 11.8 Å². The third-order valence-corrected chi connectivity index (χ3v) is 1.40. The van der Waals surface area contributed by atoms with Gasteiger partial charge in [0.15, 0.2) is 0 Å². The Bertz CT molecular complexity index is 276. The van der Waals surface area contributed by atoms with Gasteiger partial charge in [0.1, 0.15) is 11.4 Å². The Morgan fingerprint density at radius 3 is 2.73 bits per heavy atom. The Morgan fingerprint density at radius 2 is 2.36 bits per heavy atom. The summed E-state index contributed by atoms with van der Waals surface area (Å²) in [5, 5.41) is 8.63. The minimum Gasteiger partial charge on any atom is -0.478 e. The number of nitrogen functional groups attached to an aromatic ring is 1. The number of aromatic carboxylic acids is 1. The first-order chi connectivity index (χ1) is 5.13. The van der Waals surface area contributed by atoms with Crippen molar-refractivity contribution in [2.45, 2.75) is 6.92 Å². The van der Waals surface area contributed by atoms with Crippen molar-refractivity contribution in [3.05, 3.63) is 23.4 Å². The highest BCUT2D eigenvalue weighted by molar-refractivity contribution is 5.94. The van der Waals surface area contributed by atoms with E-state index in [-0.39, 0.29) is 11.4 Å². The lowest BCUT2D eigenvalue weighted by Gasteiger charge is -2.01. The van der Waals surface area contributed by atoms with Crippen LogP contribution in [0, 0.1) is 6.92 Å². The number of carboxylic acid groups (broad SMARTS) is 1. The van der Waals surface area contributed by atoms with Crippen molar-refractivity contribution in [3.63, 3.8) is 0 Å². The molecule has 0 fully saturated rings. The van der Waals surface area contributed by atoms with E-state index in [9.17, 15) is 4.79 Å². The van der Waals surface area contributed by atoms with Gasteiger partial charge in [-0.3, -0.25) is 0 Å². The van der Waals surface area contributed by atoms with E-state index in [1.807, 2.05) is 0 Å². The molecule has 1 aromatic heterocycles. The summed E-state index contributed by atoms with van der Waals surface area (Å²) in [5.74, 6) is -0.967. The van der Waals surface area contributed by atoms with E-state index in [4.69, 9.17) is 10.8 Å². The molecule has 0 aliphatic rings. The number of aryl methyl sites for hydroxylation is 1. The molecule has 58 valence electrons. The van der Waals surface area contributed by atoms with Crippen LogP contribution >= 0.6 is 0 Å². The summed E-state index contributed by atoms with van der Waals surface area (Å²) in [6, 6.07) is 1.61. The van der Waals surface area contributed by atoms with Crippen LogP contribution in [0.3, 0.4) is 0 Å². The fourth-order valence-electron chi connectivity index (χ4n) is 0.857. The fraction of sp³-hybridized carbons (Fsp3) is 0.143. The van der Waals surface area contributed by atoms with E-state index in [0.29, 0.717) is 5.56 Å². The zero-order valence-electron chi connectivity index (χ0n) is 6.03. The van der Waals surface area contributed by atoms with Gasteiger partial charge in [-0.15, -0.1) is 0 Å². The van der Waals surface area contributed by atoms with E-state index in [0.717, 1.165) is 0 Å². The summed E-state index contributed by atoms with van der Waals surface area (Å²) in [6.45, 7) is 1.68. The maximum Gasteiger partial charge on any atom is 0.339 e. The molecule has 0 aliphatic carbocycles. The molecular formula is C7H8N2O2. The van der Waals surface area contributed by atoms with Gasteiger partial charge in [0, 0.05) is 6.20 Å². The van der Waals surface area contributed by atoms with Crippen LogP contribution < -0.4 is 5.73 Å². The topological polar surface area (TPSA) is 76.2 Å². The van der Waals surface area contributed by atoms with Gasteiger partial charge in [-0.25, -0.2) is 9.78 Å². The highest BCUT2D eigenvalue weighted by atomic mass is 16.4. The summed E-state index contributed by atoms with van der Waals surface area (Å²) < 4.78 is 0. The Morgan fingerprint density at radius 1 is 1.73 bits per heavy atom. The largest absolute Gasteiger partial charge is 0.478 e. The summed E-state index contributed by atoms with van der Waals surface area (Å²) in [4.78, 5) is 14.2.